The van der Waals surface area contributed by atoms with Gasteiger partial charge in [0.25, 0.3) is 0 Å². The van der Waals surface area contributed by atoms with E-state index in [4.69, 9.17) is 0 Å². The van der Waals surface area contributed by atoms with E-state index in [9.17, 15) is 35.5 Å². The van der Waals surface area contributed by atoms with Crippen LogP contribution in [0, 0.1) is 0 Å². The van der Waals surface area contributed by atoms with Crippen LogP contribution in [-0.4, -0.2) is 33.9 Å². The smallest absolute Gasteiger partial charge is 0.313 e. The summed E-state index contributed by atoms with van der Waals surface area (Å²) < 4.78 is 91.2. The number of benzene rings is 1. The number of ether oxygens (including phenoxy) is 1. The highest BCUT2D eigenvalue weighted by Crippen LogP contribution is 2.40. The zero-order valence-corrected chi connectivity index (χ0v) is 11.7. The van der Waals surface area contributed by atoms with Crippen LogP contribution in [0.15, 0.2) is 24.3 Å². The molecule has 132 valence electrons. The number of alkyl halides is 7. The first kappa shape index (κ1) is 18.0. The van der Waals surface area contributed by atoms with Crippen LogP contribution in [0.5, 0.6) is 0 Å². The van der Waals surface area contributed by atoms with Gasteiger partial charge in [0.15, 0.2) is 0 Å². The normalized spacial score (nSPS) is 13.3. The number of rotatable bonds is 4. The number of nitrogens with zero attached hydrogens (tertiary/aromatic N) is 2. The van der Waals surface area contributed by atoms with Crippen molar-refractivity contribution in [1.29, 1.82) is 0 Å². The minimum atomic E-state index is -6.10. The maximum atomic E-state index is 13.4. The van der Waals surface area contributed by atoms with Crippen molar-refractivity contribution in [1.82, 2.24) is 9.55 Å². The van der Waals surface area contributed by atoms with E-state index in [1.165, 1.54) is 24.5 Å². The molecule has 0 unspecified atom stereocenters. The fraction of sp³-hybridized carbons (Fsp3) is 0.333. The number of carbonyl (C=O) groups is 1. The molecular formula is C12H8F7N3O2. The van der Waals surface area contributed by atoms with Crippen molar-refractivity contribution in [2.24, 2.45) is 7.05 Å². The number of aromatic nitrogens is 2. The molecule has 0 aliphatic heterocycles. The topological polar surface area (TPSA) is 56.2 Å². The van der Waals surface area contributed by atoms with Gasteiger partial charge in [0, 0.05) is 7.05 Å². The van der Waals surface area contributed by atoms with Crippen LogP contribution in [0.25, 0.3) is 11.0 Å². The van der Waals surface area contributed by atoms with Crippen LogP contribution in [-0.2, 0) is 16.6 Å². The molecule has 1 aromatic heterocycles. The third-order valence-electron chi connectivity index (χ3n) is 2.91. The first-order chi connectivity index (χ1) is 10.8. The minimum Gasteiger partial charge on any atom is -0.313 e. The van der Waals surface area contributed by atoms with Gasteiger partial charge in [-0.25, -0.2) is 9.72 Å². The van der Waals surface area contributed by atoms with Gasteiger partial charge in [0.2, 0.25) is 5.95 Å². The number of carbonyl (C=O) groups excluding carboxylic acids is 1. The van der Waals surface area contributed by atoms with Crippen LogP contribution in [0.2, 0.25) is 0 Å². The highest BCUT2D eigenvalue weighted by molar-refractivity contribution is 5.96. The summed E-state index contributed by atoms with van der Waals surface area (Å²) in [6.07, 6.45) is -12.2. The summed E-state index contributed by atoms with van der Waals surface area (Å²) >= 11 is 0. The van der Waals surface area contributed by atoms with Crippen LogP contribution >= 0.6 is 0 Å². The van der Waals surface area contributed by atoms with Crippen molar-refractivity contribution in [3.8, 4) is 0 Å². The minimum absolute atomic E-state index is 0.247. The molecule has 2 aromatic rings. The number of hydrogen-bond donors (Lipinski definition) is 1. The third kappa shape index (κ3) is 3.27. The lowest BCUT2D eigenvalue weighted by molar-refractivity contribution is -0.457. The summed E-state index contributed by atoms with van der Waals surface area (Å²) in [6.45, 7) is 0. The number of imidazole rings is 1. The number of anilines is 1. The Balaban J connectivity index is 2.28. The highest BCUT2D eigenvalue weighted by atomic mass is 19.4. The van der Waals surface area contributed by atoms with E-state index in [0.29, 0.717) is 5.52 Å². The van der Waals surface area contributed by atoms with Gasteiger partial charge in [0.05, 0.1) is 11.0 Å². The fourth-order valence-electron chi connectivity index (χ4n) is 1.78. The number of fused-ring (bicyclic) bond motifs is 1. The second kappa shape index (κ2) is 5.61. The summed E-state index contributed by atoms with van der Waals surface area (Å²) in [5, 5.41) is 1.37. The van der Waals surface area contributed by atoms with Gasteiger partial charge in [-0.1, -0.05) is 12.1 Å². The Morgan fingerprint density at radius 3 is 2.25 bits per heavy atom. The van der Waals surface area contributed by atoms with E-state index in [-0.39, 0.29) is 5.52 Å². The fourth-order valence-corrected chi connectivity index (χ4v) is 1.78. The molecule has 0 saturated carbocycles. The molecule has 0 aliphatic rings. The molecule has 1 heterocycles. The van der Waals surface area contributed by atoms with E-state index in [2.05, 4.69) is 9.72 Å². The maximum absolute atomic E-state index is 13.4. The van der Waals surface area contributed by atoms with Gasteiger partial charge in [-0.2, -0.15) is 17.6 Å². The Morgan fingerprint density at radius 1 is 1.12 bits per heavy atom. The Bertz CT molecular complexity index is 770. The molecule has 0 atom stereocenters. The molecule has 1 aromatic carbocycles. The van der Waals surface area contributed by atoms with Crippen molar-refractivity contribution in [2.75, 3.05) is 5.32 Å². The van der Waals surface area contributed by atoms with E-state index in [0.717, 1.165) is 4.57 Å². The highest BCUT2D eigenvalue weighted by Gasteiger charge is 2.67. The quantitative estimate of drug-likeness (QED) is 0.853. The number of halogens is 7. The molecule has 2 rings (SSSR count). The summed E-state index contributed by atoms with van der Waals surface area (Å²) in [4.78, 5) is 15.1. The molecule has 1 amide bonds. The number of hydrogen-bond acceptors (Lipinski definition) is 3. The summed E-state index contributed by atoms with van der Waals surface area (Å²) in [5.41, 5.74) is 0.617. The van der Waals surface area contributed by atoms with Crippen molar-refractivity contribution < 1.29 is 40.3 Å². The van der Waals surface area contributed by atoms with E-state index >= 15 is 0 Å². The molecule has 12 heteroatoms. The third-order valence-corrected chi connectivity index (χ3v) is 2.91. The zero-order valence-electron chi connectivity index (χ0n) is 11.7. The van der Waals surface area contributed by atoms with E-state index in [1.54, 1.807) is 12.1 Å². The lowest BCUT2D eigenvalue weighted by Crippen LogP contribution is -2.53. The van der Waals surface area contributed by atoms with Crippen molar-refractivity contribution in [2.45, 2.75) is 18.4 Å². The Labute approximate surface area is 129 Å². The summed E-state index contributed by atoms with van der Waals surface area (Å²) in [7, 11) is 1.29. The molecule has 0 radical (unpaired) electrons. The largest absolute Gasteiger partial charge is 0.527 e. The lowest BCUT2D eigenvalue weighted by atomic mass is 10.3. The monoisotopic (exact) mass is 359 g/mol. The van der Waals surface area contributed by atoms with Crippen LogP contribution in [0.1, 0.15) is 0 Å². The average molecular weight is 359 g/mol. The first-order valence-electron chi connectivity index (χ1n) is 6.10. The maximum Gasteiger partial charge on any atom is 0.527 e. The lowest BCUT2D eigenvalue weighted by Gasteiger charge is -2.25. The van der Waals surface area contributed by atoms with Gasteiger partial charge in [-0.3, -0.25) is 10.1 Å². The number of nitrogens with one attached hydrogen (secondary N) is 1. The Kier molecular flexibility index (Phi) is 4.20. The van der Waals surface area contributed by atoms with Crippen LogP contribution in [0.4, 0.5) is 36.7 Å². The Morgan fingerprint density at radius 2 is 1.71 bits per heavy atom. The van der Waals surface area contributed by atoms with Crippen molar-refractivity contribution in [3.05, 3.63) is 24.3 Å². The molecule has 0 aliphatic carbocycles. The summed E-state index contributed by atoms with van der Waals surface area (Å²) in [5.74, 6) is -9.04. The molecule has 24 heavy (non-hydrogen) atoms. The molecule has 0 saturated heterocycles. The number of amides is 1. The molecule has 0 spiro atoms. The van der Waals surface area contributed by atoms with E-state index in [1.807, 2.05) is 0 Å². The van der Waals surface area contributed by atoms with Gasteiger partial charge in [-0.15, -0.1) is 13.2 Å². The predicted octanol–water partition coefficient (Wildman–Crippen LogP) is 3.28. The number of para-hydroxylation sites is 2. The van der Waals surface area contributed by atoms with Gasteiger partial charge in [0.1, 0.15) is 0 Å². The van der Waals surface area contributed by atoms with E-state index < -0.39 is 30.2 Å². The second-order valence-electron chi connectivity index (χ2n) is 4.58. The standard InChI is InChI=1S/C12H8F7N3O2/c1-22-7-5-3-2-4-6(7)20-9(22)21-8(23)10(13,14)11(15,16)24-12(17,18)19/h2-5H,1H3,(H,20,21,23). The van der Waals surface area contributed by atoms with Crippen molar-refractivity contribution in [3.63, 3.8) is 0 Å². The van der Waals surface area contributed by atoms with Gasteiger partial charge < -0.3 is 4.57 Å². The average Bonchev–Trinajstić information content (AvgIpc) is 2.73. The van der Waals surface area contributed by atoms with Crippen molar-refractivity contribution >= 4 is 22.9 Å². The van der Waals surface area contributed by atoms with Crippen LogP contribution in [0.3, 0.4) is 0 Å². The second-order valence-corrected chi connectivity index (χ2v) is 4.58. The molecule has 5 nitrogen and oxygen atoms in total. The predicted molar refractivity (Wildman–Crippen MR) is 66.4 cm³/mol. The molecule has 1 N–H and O–H groups in total. The zero-order chi connectivity index (χ0) is 18.3. The molecular weight excluding hydrogens is 351 g/mol. The molecule has 0 fully saturated rings. The first-order valence-corrected chi connectivity index (χ1v) is 6.10. The molecule has 0 bridgehead atoms. The number of aryl methyl sites for hydroxylation is 1. The summed E-state index contributed by atoms with van der Waals surface area (Å²) in [6, 6.07) is 6.05. The van der Waals surface area contributed by atoms with Gasteiger partial charge in [-0.05, 0) is 12.1 Å². The Hall–Kier alpha value is -2.37. The SMILES string of the molecule is Cn1c(NC(=O)C(F)(F)C(F)(F)OC(F)(F)F)nc2ccccc21. The van der Waals surface area contributed by atoms with Gasteiger partial charge >= 0.3 is 24.3 Å². The van der Waals surface area contributed by atoms with Crippen LogP contribution < -0.4 is 5.32 Å².